The van der Waals surface area contributed by atoms with Crippen LogP contribution in [-0.2, 0) is 13.1 Å². The van der Waals surface area contributed by atoms with E-state index >= 15 is 0 Å². The topological polar surface area (TPSA) is 47.7 Å². The van der Waals surface area contributed by atoms with Crippen LogP contribution in [0.3, 0.4) is 0 Å². The minimum Gasteiger partial charge on any atom is -0.493 e. The van der Waals surface area contributed by atoms with Gasteiger partial charge in [0.05, 0.1) is 14.2 Å². The van der Waals surface area contributed by atoms with E-state index in [2.05, 4.69) is 11.0 Å². The van der Waals surface area contributed by atoms with E-state index in [4.69, 9.17) is 15.2 Å². The molecular formula is C12H20N2O2. The van der Waals surface area contributed by atoms with Crippen LogP contribution >= 0.6 is 0 Å². The lowest BCUT2D eigenvalue weighted by Crippen LogP contribution is -2.12. The Kier molecular flexibility index (Phi) is 4.58. The van der Waals surface area contributed by atoms with Crippen molar-refractivity contribution in [3.05, 3.63) is 23.3 Å². The number of nitrogens with two attached hydrogens (primary N) is 1. The molecule has 0 aliphatic carbocycles. The Hall–Kier alpha value is -1.26. The first-order valence-corrected chi connectivity index (χ1v) is 5.21. The Balaban J connectivity index is 3.19. The predicted molar refractivity (Wildman–Crippen MR) is 64.8 cm³/mol. The van der Waals surface area contributed by atoms with Crippen LogP contribution in [0.1, 0.15) is 11.1 Å². The van der Waals surface area contributed by atoms with Gasteiger partial charge in [0.1, 0.15) is 0 Å². The highest BCUT2D eigenvalue weighted by Gasteiger charge is 2.12. The molecule has 0 aliphatic heterocycles. The number of nitrogens with zero attached hydrogens (tertiary/aromatic N) is 1. The van der Waals surface area contributed by atoms with E-state index in [9.17, 15) is 0 Å². The summed E-state index contributed by atoms with van der Waals surface area (Å²) in [6.45, 7) is 1.30. The van der Waals surface area contributed by atoms with Crippen molar-refractivity contribution in [2.24, 2.45) is 5.73 Å². The van der Waals surface area contributed by atoms with Gasteiger partial charge in [-0.3, -0.25) is 0 Å². The largest absolute Gasteiger partial charge is 0.493 e. The van der Waals surface area contributed by atoms with Gasteiger partial charge in [0.25, 0.3) is 0 Å². The first-order chi connectivity index (χ1) is 7.62. The summed E-state index contributed by atoms with van der Waals surface area (Å²) in [6.07, 6.45) is 0. The number of ether oxygens (including phenoxy) is 2. The lowest BCUT2D eigenvalue weighted by Gasteiger charge is -2.17. The summed E-state index contributed by atoms with van der Waals surface area (Å²) in [4.78, 5) is 2.08. The summed E-state index contributed by atoms with van der Waals surface area (Å²) in [5, 5.41) is 0. The smallest absolute Gasteiger partial charge is 0.165 e. The fourth-order valence-corrected chi connectivity index (χ4v) is 1.68. The predicted octanol–water partition coefficient (Wildman–Crippen LogP) is 1.22. The zero-order valence-electron chi connectivity index (χ0n) is 10.4. The normalized spacial score (nSPS) is 10.6. The van der Waals surface area contributed by atoms with Crippen molar-refractivity contribution in [1.29, 1.82) is 0 Å². The lowest BCUT2D eigenvalue weighted by atomic mass is 10.1. The standard InChI is InChI=1S/C12H20N2O2/c1-14(2)8-10-5-9(7-13)6-11(15-3)12(10)16-4/h5-6H,7-8,13H2,1-4H3. The van der Waals surface area contributed by atoms with Gasteiger partial charge in [-0.2, -0.15) is 0 Å². The fourth-order valence-electron chi connectivity index (χ4n) is 1.68. The molecule has 0 heterocycles. The number of benzene rings is 1. The van der Waals surface area contributed by atoms with Crippen molar-refractivity contribution in [2.75, 3.05) is 28.3 Å². The van der Waals surface area contributed by atoms with E-state index in [1.165, 1.54) is 0 Å². The third-order valence-corrected chi connectivity index (χ3v) is 2.34. The van der Waals surface area contributed by atoms with Gasteiger partial charge in [0.2, 0.25) is 0 Å². The molecule has 0 atom stereocenters. The maximum Gasteiger partial charge on any atom is 0.165 e. The molecule has 0 amide bonds. The summed E-state index contributed by atoms with van der Waals surface area (Å²) in [7, 11) is 7.32. The van der Waals surface area contributed by atoms with Gasteiger partial charge in [-0.25, -0.2) is 0 Å². The monoisotopic (exact) mass is 224 g/mol. The van der Waals surface area contributed by atoms with Gasteiger partial charge in [-0.05, 0) is 31.8 Å². The van der Waals surface area contributed by atoms with Crippen molar-refractivity contribution < 1.29 is 9.47 Å². The minimum absolute atomic E-state index is 0.501. The molecule has 1 aromatic rings. The summed E-state index contributed by atoms with van der Waals surface area (Å²) >= 11 is 0. The molecule has 4 heteroatoms. The Morgan fingerprint density at radius 3 is 2.31 bits per heavy atom. The molecule has 0 fully saturated rings. The van der Waals surface area contributed by atoms with Gasteiger partial charge in [-0.1, -0.05) is 0 Å². The molecule has 0 aromatic heterocycles. The van der Waals surface area contributed by atoms with Crippen LogP contribution < -0.4 is 15.2 Å². The van der Waals surface area contributed by atoms with Crippen molar-refractivity contribution in [2.45, 2.75) is 13.1 Å². The van der Waals surface area contributed by atoms with Crippen LogP contribution in [0.5, 0.6) is 11.5 Å². The number of hydrogen-bond acceptors (Lipinski definition) is 4. The van der Waals surface area contributed by atoms with Gasteiger partial charge < -0.3 is 20.1 Å². The summed E-state index contributed by atoms with van der Waals surface area (Å²) < 4.78 is 10.7. The number of methoxy groups -OCH3 is 2. The SMILES string of the molecule is COc1cc(CN)cc(CN(C)C)c1OC. The Labute approximate surface area is 96.9 Å². The molecule has 0 saturated heterocycles. The molecule has 0 spiro atoms. The second kappa shape index (κ2) is 5.72. The molecule has 0 radical (unpaired) electrons. The molecular weight excluding hydrogens is 204 g/mol. The van der Waals surface area contributed by atoms with Crippen LogP contribution in [-0.4, -0.2) is 33.2 Å². The number of hydrogen-bond donors (Lipinski definition) is 1. The quantitative estimate of drug-likeness (QED) is 0.817. The molecule has 16 heavy (non-hydrogen) atoms. The maximum atomic E-state index is 5.65. The van der Waals surface area contributed by atoms with Gasteiger partial charge in [0.15, 0.2) is 11.5 Å². The highest BCUT2D eigenvalue weighted by molar-refractivity contribution is 5.49. The molecule has 1 rings (SSSR count). The molecule has 0 bridgehead atoms. The van der Waals surface area contributed by atoms with Crippen LogP contribution in [0.25, 0.3) is 0 Å². The third-order valence-electron chi connectivity index (χ3n) is 2.34. The van der Waals surface area contributed by atoms with Crippen LogP contribution in [0, 0.1) is 0 Å². The minimum atomic E-state index is 0.501. The molecule has 0 saturated carbocycles. The second-order valence-electron chi connectivity index (χ2n) is 3.93. The molecule has 0 aliphatic rings. The maximum absolute atomic E-state index is 5.65. The van der Waals surface area contributed by atoms with E-state index in [0.29, 0.717) is 6.54 Å². The first-order valence-electron chi connectivity index (χ1n) is 5.21. The van der Waals surface area contributed by atoms with E-state index in [1.807, 2.05) is 20.2 Å². The summed E-state index contributed by atoms with van der Waals surface area (Å²) in [5.41, 5.74) is 7.80. The summed E-state index contributed by atoms with van der Waals surface area (Å²) in [5.74, 6) is 1.52. The van der Waals surface area contributed by atoms with Crippen molar-refractivity contribution >= 4 is 0 Å². The molecule has 90 valence electrons. The number of rotatable bonds is 5. The van der Waals surface area contributed by atoms with Gasteiger partial charge in [-0.15, -0.1) is 0 Å². The molecule has 1 aromatic carbocycles. The van der Waals surface area contributed by atoms with Crippen molar-refractivity contribution in [1.82, 2.24) is 4.90 Å². The van der Waals surface area contributed by atoms with E-state index in [1.54, 1.807) is 14.2 Å². The Bertz CT molecular complexity index is 351. The zero-order valence-corrected chi connectivity index (χ0v) is 10.4. The zero-order chi connectivity index (χ0) is 12.1. The fraction of sp³-hybridized carbons (Fsp3) is 0.500. The molecule has 4 nitrogen and oxygen atoms in total. The van der Waals surface area contributed by atoms with Crippen LogP contribution in [0.15, 0.2) is 12.1 Å². The van der Waals surface area contributed by atoms with Crippen LogP contribution in [0.2, 0.25) is 0 Å². The third kappa shape index (κ3) is 2.87. The van der Waals surface area contributed by atoms with Gasteiger partial charge >= 0.3 is 0 Å². The van der Waals surface area contributed by atoms with E-state index in [0.717, 1.165) is 29.2 Å². The van der Waals surface area contributed by atoms with Crippen molar-refractivity contribution in [3.8, 4) is 11.5 Å². The van der Waals surface area contributed by atoms with E-state index in [-0.39, 0.29) is 0 Å². The first kappa shape index (κ1) is 12.8. The Morgan fingerprint density at radius 1 is 1.19 bits per heavy atom. The van der Waals surface area contributed by atoms with Crippen molar-refractivity contribution in [3.63, 3.8) is 0 Å². The van der Waals surface area contributed by atoms with Gasteiger partial charge in [0, 0.05) is 18.7 Å². The summed E-state index contributed by atoms with van der Waals surface area (Å²) in [6, 6.07) is 3.97. The van der Waals surface area contributed by atoms with E-state index < -0.39 is 0 Å². The highest BCUT2D eigenvalue weighted by atomic mass is 16.5. The average Bonchev–Trinajstić information content (AvgIpc) is 2.27. The van der Waals surface area contributed by atoms with Crippen LogP contribution in [0.4, 0.5) is 0 Å². The average molecular weight is 224 g/mol. The lowest BCUT2D eigenvalue weighted by molar-refractivity contribution is 0.338. The second-order valence-corrected chi connectivity index (χ2v) is 3.93. The molecule has 2 N–H and O–H groups in total. The highest BCUT2D eigenvalue weighted by Crippen LogP contribution is 2.33. The molecule has 0 unspecified atom stereocenters. The Morgan fingerprint density at radius 2 is 1.88 bits per heavy atom.